The quantitative estimate of drug-likeness (QED) is 0.687. The summed E-state index contributed by atoms with van der Waals surface area (Å²) in [5.74, 6) is 0.840. The number of carbonyl (C=O) groups is 1. The normalized spacial score (nSPS) is 12.3. The maximum Gasteiger partial charge on any atom is 0.255 e. The number of ether oxygens (including phenoxy) is 2. The molecule has 2 aromatic rings. The van der Waals surface area contributed by atoms with Gasteiger partial charge in [-0.3, -0.25) is 4.79 Å². The van der Waals surface area contributed by atoms with Crippen molar-refractivity contribution >= 4 is 29.1 Å². The topological polar surface area (TPSA) is 74.5 Å². The molecular formula is C14H10Cl2N2O4. The first-order valence-electron chi connectivity index (χ1n) is 6.29. The average molecular weight is 341 g/mol. The highest BCUT2D eigenvalue weighted by molar-refractivity contribution is 6.39. The Morgan fingerprint density at radius 1 is 1.23 bits per heavy atom. The lowest BCUT2D eigenvalue weighted by atomic mass is 10.2. The second-order valence-corrected chi connectivity index (χ2v) is 5.37. The third-order valence-electron chi connectivity index (χ3n) is 3.08. The molecule has 114 valence electrons. The summed E-state index contributed by atoms with van der Waals surface area (Å²) in [7, 11) is 0. The van der Waals surface area contributed by atoms with Crippen LogP contribution >= 0.6 is 23.2 Å². The van der Waals surface area contributed by atoms with Gasteiger partial charge in [-0.2, -0.15) is 4.73 Å². The van der Waals surface area contributed by atoms with E-state index in [1.54, 1.807) is 12.1 Å². The van der Waals surface area contributed by atoms with Gasteiger partial charge in [0, 0.05) is 6.54 Å². The summed E-state index contributed by atoms with van der Waals surface area (Å²) < 4.78 is 10.9. The fourth-order valence-corrected chi connectivity index (χ4v) is 2.66. The van der Waals surface area contributed by atoms with Crippen molar-refractivity contribution in [2.75, 3.05) is 6.79 Å². The Hall–Kier alpha value is -2.18. The first-order chi connectivity index (χ1) is 10.5. The van der Waals surface area contributed by atoms with E-state index in [-0.39, 0.29) is 28.9 Å². The first kappa shape index (κ1) is 14.7. The number of aromatic nitrogens is 1. The SMILES string of the molecule is O=C(NCc1ccc2c(c1)OCO2)c1c(Cl)c[n+]([O-])cc1Cl. The molecule has 0 saturated carbocycles. The van der Waals surface area contributed by atoms with Crippen LogP contribution in [-0.2, 0) is 6.54 Å². The highest BCUT2D eigenvalue weighted by Gasteiger charge is 2.19. The standard InChI is InChI=1S/C14H10Cl2N2O4/c15-9-5-18(20)6-10(16)13(9)14(19)17-4-8-1-2-11-12(3-8)22-7-21-11/h1-3,5-6H,4,7H2,(H,17,19). The van der Waals surface area contributed by atoms with Crippen LogP contribution in [0.25, 0.3) is 0 Å². The zero-order valence-corrected chi connectivity index (χ0v) is 12.6. The van der Waals surface area contributed by atoms with Crippen LogP contribution in [0.4, 0.5) is 0 Å². The zero-order chi connectivity index (χ0) is 15.7. The van der Waals surface area contributed by atoms with Crippen LogP contribution in [0, 0.1) is 5.21 Å². The molecule has 1 aromatic carbocycles. The summed E-state index contributed by atoms with van der Waals surface area (Å²) >= 11 is 11.8. The van der Waals surface area contributed by atoms with Crippen molar-refractivity contribution in [2.45, 2.75) is 6.54 Å². The van der Waals surface area contributed by atoms with Gasteiger partial charge in [0.2, 0.25) is 6.79 Å². The molecule has 0 unspecified atom stereocenters. The lowest BCUT2D eigenvalue weighted by molar-refractivity contribution is -0.605. The minimum absolute atomic E-state index is 0.00862. The molecular weight excluding hydrogens is 331 g/mol. The van der Waals surface area contributed by atoms with Crippen molar-refractivity contribution in [3.05, 3.63) is 57.0 Å². The van der Waals surface area contributed by atoms with Gasteiger partial charge in [-0.25, -0.2) is 0 Å². The molecule has 0 spiro atoms. The molecule has 0 bridgehead atoms. The number of fused-ring (bicyclic) bond motifs is 1. The monoisotopic (exact) mass is 340 g/mol. The summed E-state index contributed by atoms with van der Waals surface area (Å²) in [5.41, 5.74) is 0.899. The maximum absolute atomic E-state index is 12.2. The maximum atomic E-state index is 12.2. The third kappa shape index (κ3) is 2.88. The number of halogens is 2. The number of rotatable bonds is 3. The molecule has 0 atom stereocenters. The number of nitrogens with one attached hydrogen (secondary N) is 1. The van der Waals surface area contributed by atoms with Gasteiger partial charge in [0.1, 0.15) is 10.0 Å². The van der Waals surface area contributed by atoms with Gasteiger partial charge in [0.15, 0.2) is 23.9 Å². The second kappa shape index (κ2) is 5.90. The number of benzene rings is 1. The van der Waals surface area contributed by atoms with Crippen molar-refractivity contribution in [1.82, 2.24) is 5.32 Å². The summed E-state index contributed by atoms with van der Waals surface area (Å²) in [6.45, 7) is 0.448. The van der Waals surface area contributed by atoms with Crippen LogP contribution < -0.4 is 19.5 Å². The van der Waals surface area contributed by atoms with E-state index in [9.17, 15) is 10.0 Å². The number of amides is 1. The summed E-state index contributed by atoms with van der Waals surface area (Å²) in [5, 5.41) is 13.8. The molecule has 0 fully saturated rings. The van der Waals surface area contributed by atoms with Gasteiger partial charge < -0.3 is 20.0 Å². The Bertz CT molecular complexity index is 729. The van der Waals surface area contributed by atoms with Crippen molar-refractivity contribution in [3.63, 3.8) is 0 Å². The predicted molar refractivity (Wildman–Crippen MR) is 79.2 cm³/mol. The van der Waals surface area contributed by atoms with Crippen molar-refractivity contribution in [3.8, 4) is 11.5 Å². The predicted octanol–water partition coefficient (Wildman–Crippen LogP) is 2.29. The lowest BCUT2D eigenvalue weighted by Crippen LogP contribution is -2.29. The lowest BCUT2D eigenvalue weighted by Gasteiger charge is -2.09. The summed E-state index contributed by atoms with van der Waals surface area (Å²) in [6.07, 6.45) is 2.14. The molecule has 8 heteroatoms. The Morgan fingerprint density at radius 2 is 1.91 bits per heavy atom. The van der Waals surface area contributed by atoms with Gasteiger partial charge in [-0.15, -0.1) is 0 Å². The molecule has 0 radical (unpaired) electrons. The van der Waals surface area contributed by atoms with Gasteiger partial charge in [-0.1, -0.05) is 29.3 Å². The van der Waals surface area contributed by atoms with Crippen LogP contribution in [0.5, 0.6) is 11.5 Å². The Balaban J connectivity index is 1.73. The first-order valence-corrected chi connectivity index (χ1v) is 7.05. The van der Waals surface area contributed by atoms with E-state index in [4.69, 9.17) is 32.7 Å². The molecule has 22 heavy (non-hydrogen) atoms. The molecule has 1 N–H and O–H groups in total. The van der Waals surface area contributed by atoms with E-state index < -0.39 is 5.91 Å². The Morgan fingerprint density at radius 3 is 2.64 bits per heavy atom. The highest BCUT2D eigenvalue weighted by atomic mass is 35.5. The molecule has 3 rings (SSSR count). The Kier molecular flexibility index (Phi) is 3.96. The molecule has 0 saturated heterocycles. The molecule has 0 aliphatic carbocycles. The van der Waals surface area contributed by atoms with Crippen LogP contribution in [0.2, 0.25) is 10.0 Å². The largest absolute Gasteiger partial charge is 0.619 e. The fraction of sp³-hybridized carbons (Fsp3) is 0.143. The molecule has 1 aliphatic rings. The molecule has 1 aromatic heterocycles. The number of nitrogens with zero attached hydrogens (tertiary/aromatic N) is 1. The summed E-state index contributed by atoms with van der Waals surface area (Å²) in [4.78, 5) is 12.2. The highest BCUT2D eigenvalue weighted by Crippen LogP contribution is 2.32. The van der Waals surface area contributed by atoms with Crippen molar-refractivity contribution in [2.24, 2.45) is 0 Å². The van der Waals surface area contributed by atoms with E-state index >= 15 is 0 Å². The van der Waals surface area contributed by atoms with Gasteiger partial charge in [-0.05, 0) is 17.7 Å². The Labute approximate surface area is 135 Å². The second-order valence-electron chi connectivity index (χ2n) is 4.56. The van der Waals surface area contributed by atoms with Crippen LogP contribution in [0.1, 0.15) is 15.9 Å². The smallest absolute Gasteiger partial charge is 0.255 e. The van der Waals surface area contributed by atoms with Gasteiger partial charge in [0.25, 0.3) is 5.91 Å². The third-order valence-corrected chi connectivity index (χ3v) is 3.65. The minimum Gasteiger partial charge on any atom is -0.619 e. The van der Waals surface area contributed by atoms with Gasteiger partial charge in [0.05, 0.1) is 5.56 Å². The average Bonchev–Trinajstić information content (AvgIpc) is 2.91. The number of hydrogen-bond acceptors (Lipinski definition) is 4. The van der Waals surface area contributed by atoms with E-state index in [1.807, 2.05) is 6.07 Å². The molecule has 1 aliphatic heterocycles. The van der Waals surface area contributed by atoms with Crippen LogP contribution in [-0.4, -0.2) is 12.7 Å². The van der Waals surface area contributed by atoms with E-state index in [1.165, 1.54) is 0 Å². The van der Waals surface area contributed by atoms with Crippen LogP contribution in [0.15, 0.2) is 30.6 Å². The summed E-state index contributed by atoms with van der Waals surface area (Å²) in [6, 6.07) is 5.36. The van der Waals surface area contributed by atoms with E-state index in [0.717, 1.165) is 18.0 Å². The fourth-order valence-electron chi connectivity index (χ4n) is 2.04. The number of carbonyl (C=O) groups excluding carboxylic acids is 1. The zero-order valence-electron chi connectivity index (χ0n) is 11.1. The number of hydrogen-bond donors (Lipinski definition) is 1. The molecule has 1 amide bonds. The van der Waals surface area contributed by atoms with Crippen molar-refractivity contribution in [1.29, 1.82) is 0 Å². The minimum atomic E-state index is -0.465. The molecule has 2 heterocycles. The van der Waals surface area contributed by atoms with E-state index in [0.29, 0.717) is 16.2 Å². The number of pyridine rings is 1. The molecule has 6 nitrogen and oxygen atoms in total. The van der Waals surface area contributed by atoms with E-state index in [2.05, 4.69) is 5.32 Å². The van der Waals surface area contributed by atoms with Crippen LogP contribution in [0.3, 0.4) is 0 Å². The van der Waals surface area contributed by atoms with Gasteiger partial charge >= 0.3 is 0 Å². The van der Waals surface area contributed by atoms with Crippen molar-refractivity contribution < 1.29 is 19.0 Å².